The summed E-state index contributed by atoms with van der Waals surface area (Å²) in [7, 11) is -3.69. The first-order valence-electron chi connectivity index (χ1n) is 9.67. The molecule has 9 heteroatoms. The Bertz CT molecular complexity index is 992. The Balaban J connectivity index is 1.57. The zero-order valence-electron chi connectivity index (χ0n) is 16.8. The van der Waals surface area contributed by atoms with Crippen LogP contribution in [0.4, 0.5) is 0 Å². The maximum Gasteiger partial charge on any atom is 0.252 e. The summed E-state index contributed by atoms with van der Waals surface area (Å²) in [5.41, 5.74) is 2.69. The number of thioether (sulfide) groups is 1. The van der Waals surface area contributed by atoms with Crippen LogP contribution in [-0.4, -0.2) is 57.2 Å². The number of hydrogen-bond donors (Lipinski definition) is 1. The van der Waals surface area contributed by atoms with E-state index in [2.05, 4.69) is 24.4 Å². The molecule has 1 fully saturated rings. The molecule has 0 saturated carbocycles. The summed E-state index contributed by atoms with van der Waals surface area (Å²) in [6.07, 6.45) is 0. The molecule has 0 aliphatic carbocycles. The van der Waals surface area contributed by atoms with Crippen LogP contribution in [0.15, 0.2) is 47.4 Å². The highest BCUT2D eigenvalue weighted by Crippen LogP contribution is 2.24. The van der Waals surface area contributed by atoms with Gasteiger partial charge in [-0.1, -0.05) is 35.9 Å². The van der Waals surface area contributed by atoms with Crippen molar-refractivity contribution in [3.63, 3.8) is 0 Å². The van der Waals surface area contributed by atoms with Crippen molar-refractivity contribution in [2.75, 3.05) is 38.6 Å². The van der Waals surface area contributed by atoms with E-state index >= 15 is 0 Å². The zero-order chi connectivity index (χ0) is 21.6. The van der Waals surface area contributed by atoms with Gasteiger partial charge in [0.2, 0.25) is 10.0 Å². The van der Waals surface area contributed by atoms with Gasteiger partial charge in [0.1, 0.15) is 0 Å². The second-order valence-electron chi connectivity index (χ2n) is 6.89. The van der Waals surface area contributed by atoms with Crippen molar-refractivity contribution in [1.82, 2.24) is 9.62 Å². The zero-order valence-corrected chi connectivity index (χ0v) is 19.2. The highest BCUT2D eigenvalue weighted by molar-refractivity contribution is 7.98. The lowest BCUT2D eigenvalue weighted by atomic mass is 10.1. The van der Waals surface area contributed by atoms with E-state index in [4.69, 9.17) is 16.3 Å². The summed E-state index contributed by atoms with van der Waals surface area (Å²) in [4.78, 5) is 12.6. The second-order valence-corrected chi connectivity index (χ2v) is 10.3. The molecule has 0 spiro atoms. The van der Waals surface area contributed by atoms with Crippen LogP contribution < -0.4 is 5.32 Å². The number of aryl methyl sites for hydroxylation is 1. The molecule has 1 saturated heterocycles. The Morgan fingerprint density at radius 1 is 1.20 bits per heavy atom. The maximum atomic E-state index is 12.8. The second kappa shape index (κ2) is 10.6. The number of sulfonamides is 1. The van der Waals surface area contributed by atoms with Crippen molar-refractivity contribution in [1.29, 1.82) is 0 Å². The van der Waals surface area contributed by atoms with Gasteiger partial charge in [-0.05, 0) is 36.2 Å². The van der Waals surface area contributed by atoms with E-state index in [-0.39, 0.29) is 21.4 Å². The standard InChI is InChI=1S/C21H25ClN2O4S2/c1-16-4-2-3-5-17(16)15-29-13-8-23-21(25)19-14-18(6-7-20(19)22)30(26,27)24-9-11-28-12-10-24/h2-7,14H,8-13,15H2,1H3,(H,23,25). The molecule has 0 radical (unpaired) electrons. The van der Waals surface area contributed by atoms with Crippen LogP contribution in [0.1, 0.15) is 21.5 Å². The summed E-state index contributed by atoms with van der Waals surface area (Å²) in [5, 5.41) is 3.05. The van der Waals surface area contributed by atoms with Gasteiger partial charge in [0, 0.05) is 31.1 Å². The van der Waals surface area contributed by atoms with E-state index in [1.54, 1.807) is 11.8 Å². The molecule has 6 nitrogen and oxygen atoms in total. The Kier molecular flexibility index (Phi) is 8.19. The summed E-state index contributed by atoms with van der Waals surface area (Å²) < 4.78 is 32.2. The highest BCUT2D eigenvalue weighted by atomic mass is 35.5. The fourth-order valence-electron chi connectivity index (χ4n) is 3.06. The van der Waals surface area contributed by atoms with Crippen LogP contribution in [0.2, 0.25) is 5.02 Å². The number of carbonyl (C=O) groups excluding carboxylic acids is 1. The van der Waals surface area contributed by atoms with Crippen LogP contribution in [-0.2, 0) is 20.5 Å². The Morgan fingerprint density at radius 2 is 1.93 bits per heavy atom. The molecule has 2 aromatic rings. The average Bonchev–Trinajstić information content (AvgIpc) is 2.75. The van der Waals surface area contributed by atoms with Crippen LogP contribution in [0, 0.1) is 6.92 Å². The summed E-state index contributed by atoms with van der Waals surface area (Å²) in [6.45, 7) is 3.86. The van der Waals surface area contributed by atoms with E-state index in [0.29, 0.717) is 32.8 Å². The van der Waals surface area contributed by atoms with Gasteiger partial charge in [-0.25, -0.2) is 8.42 Å². The number of hydrogen-bond acceptors (Lipinski definition) is 5. The van der Waals surface area contributed by atoms with Gasteiger partial charge < -0.3 is 10.1 Å². The van der Waals surface area contributed by atoms with Gasteiger partial charge in [-0.2, -0.15) is 16.1 Å². The van der Waals surface area contributed by atoms with Crippen molar-refractivity contribution in [2.45, 2.75) is 17.6 Å². The van der Waals surface area contributed by atoms with E-state index in [0.717, 1.165) is 11.5 Å². The molecule has 0 atom stereocenters. The molecule has 3 rings (SSSR count). The molecular weight excluding hydrogens is 444 g/mol. The molecule has 2 aromatic carbocycles. The monoisotopic (exact) mass is 468 g/mol. The number of amides is 1. The van der Waals surface area contributed by atoms with Gasteiger partial charge in [-0.3, -0.25) is 4.79 Å². The number of halogens is 1. The topological polar surface area (TPSA) is 75.7 Å². The normalized spacial score (nSPS) is 15.1. The minimum atomic E-state index is -3.69. The molecule has 1 aliphatic rings. The molecule has 1 heterocycles. The first kappa shape index (κ1) is 23.1. The van der Waals surface area contributed by atoms with Gasteiger partial charge in [0.05, 0.1) is 28.7 Å². The fourth-order valence-corrected chi connectivity index (χ4v) is 5.63. The Morgan fingerprint density at radius 3 is 2.67 bits per heavy atom. The highest BCUT2D eigenvalue weighted by Gasteiger charge is 2.27. The van der Waals surface area contributed by atoms with Crippen molar-refractivity contribution < 1.29 is 17.9 Å². The number of nitrogens with one attached hydrogen (secondary N) is 1. The van der Waals surface area contributed by atoms with Gasteiger partial charge in [-0.15, -0.1) is 0 Å². The van der Waals surface area contributed by atoms with Crippen LogP contribution in [0.3, 0.4) is 0 Å². The van der Waals surface area contributed by atoms with Crippen molar-refractivity contribution >= 4 is 39.3 Å². The molecule has 0 aromatic heterocycles. The minimum absolute atomic E-state index is 0.0628. The number of nitrogens with zero attached hydrogens (tertiary/aromatic N) is 1. The number of morpholine rings is 1. The minimum Gasteiger partial charge on any atom is -0.379 e. The van der Waals surface area contributed by atoms with Crippen molar-refractivity contribution in [3.8, 4) is 0 Å². The lowest BCUT2D eigenvalue weighted by molar-refractivity contribution is 0.0730. The summed E-state index contributed by atoms with van der Waals surface area (Å²) in [6, 6.07) is 12.5. The predicted octanol–water partition coefficient (Wildman–Crippen LogP) is 3.33. The quantitative estimate of drug-likeness (QED) is 0.601. The molecule has 1 amide bonds. The lowest BCUT2D eigenvalue weighted by Crippen LogP contribution is -2.40. The van der Waals surface area contributed by atoms with E-state index in [9.17, 15) is 13.2 Å². The molecule has 30 heavy (non-hydrogen) atoms. The Hall–Kier alpha value is -1.58. The van der Waals surface area contributed by atoms with E-state index < -0.39 is 10.0 Å². The third-order valence-electron chi connectivity index (χ3n) is 4.84. The largest absolute Gasteiger partial charge is 0.379 e. The molecule has 0 bridgehead atoms. The predicted molar refractivity (Wildman–Crippen MR) is 121 cm³/mol. The van der Waals surface area contributed by atoms with Crippen LogP contribution in [0.25, 0.3) is 0 Å². The van der Waals surface area contributed by atoms with Crippen molar-refractivity contribution in [2.24, 2.45) is 0 Å². The maximum absolute atomic E-state index is 12.8. The summed E-state index contributed by atoms with van der Waals surface area (Å²) in [5.74, 6) is 1.23. The smallest absolute Gasteiger partial charge is 0.252 e. The van der Waals surface area contributed by atoms with E-state index in [1.807, 2.05) is 12.1 Å². The number of ether oxygens (including phenoxy) is 1. The molecule has 162 valence electrons. The van der Waals surface area contributed by atoms with Gasteiger partial charge in [0.25, 0.3) is 5.91 Å². The lowest BCUT2D eigenvalue weighted by Gasteiger charge is -2.26. The van der Waals surface area contributed by atoms with Gasteiger partial charge >= 0.3 is 0 Å². The third kappa shape index (κ3) is 5.76. The molecule has 1 aliphatic heterocycles. The van der Waals surface area contributed by atoms with Gasteiger partial charge in [0.15, 0.2) is 0 Å². The Labute approximate surface area is 187 Å². The molecule has 0 unspecified atom stereocenters. The van der Waals surface area contributed by atoms with Crippen molar-refractivity contribution in [3.05, 3.63) is 64.2 Å². The van der Waals surface area contributed by atoms with Crippen LogP contribution in [0.5, 0.6) is 0 Å². The first-order valence-corrected chi connectivity index (χ1v) is 12.6. The number of rotatable bonds is 8. The first-order chi connectivity index (χ1) is 14.4. The third-order valence-corrected chi connectivity index (χ3v) is 8.07. The average molecular weight is 469 g/mol. The SMILES string of the molecule is Cc1ccccc1CSCCNC(=O)c1cc(S(=O)(=O)N2CCOCC2)ccc1Cl. The van der Waals surface area contributed by atoms with E-state index in [1.165, 1.54) is 33.6 Å². The van der Waals surface area contributed by atoms with Crippen LogP contribution >= 0.6 is 23.4 Å². The molecule has 1 N–H and O–H groups in total. The summed E-state index contributed by atoms with van der Waals surface area (Å²) >= 11 is 7.90. The fraction of sp³-hybridized carbons (Fsp3) is 0.381. The number of benzene rings is 2. The number of carbonyl (C=O) groups is 1. The molecular formula is C21H25ClN2O4S2.